The summed E-state index contributed by atoms with van der Waals surface area (Å²) in [5.41, 5.74) is 5.14. The van der Waals surface area contributed by atoms with Gasteiger partial charge in [-0.2, -0.15) is 0 Å². The van der Waals surface area contributed by atoms with Gasteiger partial charge in [0.1, 0.15) is 0 Å². The molecule has 0 aliphatic carbocycles. The van der Waals surface area contributed by atoms with E-state index < -0.39 is 23.9 Å². The first-order chi connectivity index (χ1) is 9.47. The molecule has 0 heterocycles. The second-order valence-electron chi connectivity index (χ2n) is 3.24. The number of hydrogen-bond donors (Lipinski definition) is 6. The van der Waals surface area contributed by atoms with Crippen LogP contribution in [0.5, 0.6) is 0 Å². The van der Waals surface area contributed by atoms with Crippen LogP contribution in [0.2, 0.25) is 0 Å². The molecule has 0 aliphatic heterocycles. The number of hydrogen-bond acceptors (Lipinski definition) is 6. The third kappa shape index (κ3) is 308. The molecule has 10 nitrogen and oxygen atoms in total. The minimum atomic E-state index is -0.833. The maximum absolute atomic E-state index is 9.89. The van der Waals surface area contributed by atoms with Gasteiger partial charge in [-0.15, -0.1) is 0 Å². The fourth-order valence-electron chi connectivity index (χ4n) is 0.422. The first kappa shape index (κ1) is 27.2. The number of nitrogens with two attached hydrogens (primary N) is 1. The van der Waals surface area contributed by atoms with Crippen LogP contribution >= 0.6 is 0 Å². The second-order valence-corrected chi connectivity index (χ2v) is 3.24. The predicted molar refractivity (Wildman–Crippen MR) is 74.1 cm³/mol. The Bertz CT molecular complexity index is 253. The minimum absolute atomic E-state index is 0.167. The Labute approximate surface area is 122 Å². The highest BCUT2D eigenvalue weighted by Gasteiger charge is 1.92. The van der Waals surface area contributed by atoms with E-state index in [0.29, 0.717) is 19.6 Å². The van der Waals surface area contributed by atoms with Gasteiger partial charge in [0, 0.05) is 40.4 Å². The molecule has 0 radical (unpaired) electrons. The monoisotopic (exact) mass is 312 g/mol. The normalized spacial score (nSPS) is 7.62. The summed E-state index contributed by atoms with van der Waals surface area (Å²) in [6.07, 6.45) is 0.167. The van der Waals surface area contributed by atoms with E-state index in [9.17, 15) is 4.79 Å². The summed E-state index contributed by atoms with van der Waals surface area (Å²) >= 11 is 0. The van der Waals surface area contributed by atoms with Gasteiger partial charge in [0.05, 0.1) is 6.42 Å². The van der Waals surface area contributed by atoms with Gasteiger partial charge in [0.15, 0.2) is 0 Å². The molecule has 0 saturated carbocycles. The van der Waals surface area contributed by atoms with Crippen LogP contribution in [0.25, 0.3) is 0 Å². The Kier molecular flexibility index (Phi) is 29.7. The maximum atomic E-state index is 9.89. The Morgan fingerprint density at radius 3 is 1.29 bits per heavy atom. The zero-order chi connectivity index (χ0) is 17.8. The number of carboxylic acid groups (broad SMARTS) is 4. The molecule has 7 N–H and O–H groups in total. The smallest absolute Gasteiger partial charge is 0.304 e. The van der Waals surface area contributed by atoms with Gasteiger partial charge in [-0.1, -0.05) is 0 Å². The Morgan fingerprint density at radius 1 is 0.810 bits per heavy atom. The number of carbonyl (C=O) groups is 4. The molecule has 126 valence electrons. The highest BCUT2D eigenvalue weighted by molar-refractivity contribution is 5.66. The van der Waals surface area contributed by atoms with Crippen molar-refractivity contribution in [1.29, 1.82) is 0 Å². The molecule has 0 aromatic carbocycles. The SMILES string of the molecule is CC(=O)O.CC(=O)O.CC(=O)O.NCCNCCC(=O)O. The van der Waals surface area contributed by atoms with Crippen molar-refractivity contribution in [3.8, 4) is 0 Å². The summed E-state index contributed by atoms with van der Waals surface area (Å²) in [7, 11) is 0. The first-order valence-electron chi connectivity index (χ1n) is 5.68. The van der Waals surface area contributed by atoms with E-state index in [4.69, 9.17) is 40.5 Å². The van der Waals surface area contributed by atoms with Crippen molar-refractivity contribution < 1.29 is 39.6 Å². The molecule has 10 heteroatoms. The zero-order valence-electron chi connectivity index (χ0n) is 12.3. The van der Waals surface area contributed by atoms with Crippen molar-refractivity contribution in [3.05, 3.63) is 0 Å². The summed E-state index contributed by atoms with van der Waals surface area (Å²) in [5.74, 6) is -3.28. The highest BCUT2D eigenvalue weighted by Crippen LogP contribution is 1.72. The van der Waals surface area contributed by atoms with E-state index in [0.717, 1.165) is 20.8 Å². The standard InChI is InChI=1S/C5H12N2O2.3C2H4O2/c6-2-4-7-3-1-5(8)9;3*1-2(3)4/h7H,1-4,6H2,(H,8,9);3*1H3,(H,3,4). The van der Waals surface area contributed by atoms with Crippen LogP contribution in [-0.2, 0) is 19.2 Å². The van der Waals surface area contributed by atoms with E-state index >= 15 is 0 Å². The molecular weight excluding hydrogens is 288 g/mol. The summed E-state index contributed by atoms with van der Waals surface area (Å²) in [5, 5.41) is 33.3. The van der Waals surface area contributed by atoms with Crippen molar-refractivity contribution in [2.75, 3.05) is 19.6 Å². The molecule has 0 aliphatic rings. The average Bonchev–Trinajstić information content (AvgIpc) is 2.21. The van der Waals surface area contributed by atoms with Crippen LogP contribution in [-0.4, -0.2) is 63.9 Å². The summed E-state index contributed by atoms with van der Waals surface area (Å²) in [4.78, 5) is 36.9. The fraction of sp³-hybridized carbons (Fsp3) is 0.636. The van der Waals surface area contributed by atoms with Gasteiger partial charge in [0.2, 0.25) is 0 Å². The van der Waals surface area contributed by atoms with E-state index in [1.807, 2.05) is 0 Å². The maximum Gasteiger partial charge on any atom is 0.304 e. The molecule has 0 spiro atoms. The Morgan fingerprint density at radius 2 is 1.10 bits per heavy atom. The lowest BCUT2D eigenvalue weighted by Gasteiger charge is -1.97. The lowest BCUT2D eigenvalue weighted by Crippen LogP contribution is -2.24. The van der Waals surface area contributed by atoms with Crippen molar-refractivity contribution in [2.24, 2.45) is 5.73 Å². The number of aliphatic carboxylic acids is 4. The van der Waals surface area contributed by atoms with E-state index in [1.165, 1.54) is 0 Å². The lowest BCUT2D eigenvalue weighted by molar-refractivity contribution is -0.137. The van der Waals surface area contributed by atoms with Crippen LogP contribution < -0.4 is 11.1 Å². The third-order valence-corrected chi connectivity index (χ3v) is 0.837. The molecule has 0 aromatic rings. The molecule has 0 rings (SSSR count). The third-order valence-electron chi connectivity index (χ3n) is 0.837. The van der Waals surface area contributed by atoms with Crippen LogP contribution in [0.15, 0.2) is 0 Å². The van der Waals surface area contributed by atoms with Gasteiger partial charge < -0.3 is 31.5 Å². The topological polar surface area (TPSA) is 187 Å². The number of rotatable bonds is 5. The van der Waals surface area contributed by atoms with Gasteiger partial charge in [-0.05, 0) is 0 Å². The number of carboxylic acids is 4. The van der Waals surface area contributed by atoms with Crippen LogP contribution in [0, 0.1) is 0 Å². The van der Waals surface area contributed by atoms with Gasteiger partial charge in [-0.3, -0.25) is 19.2 Å². The molecular formula is C11H24N2O8. The fourth-order valence-corrected chi connectivity index (χ4v) is 0.422. The van der Waals surface area contributed by atoms with Crippen molar-refractivity contribution in [2.45, 2.75) is 27.2 Å². The van der Waals surface area contributed by atoms with E-state index in [1.54, 1.807) is 0 Å². The van der Waals surface area contributed by atoms with Crippen molar-refractivity contribution in [1.82, 2.24) is 5.32 Å². The molecule has 0 aromatic heterocycles. The molecule has 0 unspecified atom stereocenters. The summed E-state index contributed by atoms with van der Waals surface area (Å²) in [6, 6.07) is 0. The average molecular weight is 312 g/mol. The molecule has 0 amide bonds. The van der Waals surface area contributed by atoms with Gasteiger partial charge in [0.25, 0.3) is 17.9 Å². The second kappa shape index (κ2) is 22.9. The quantitative estimate of drug-likeness (QED) is 0.353. The first-order valence-corrected chi connectivity index (χ1v) is 5.68. The summed E-state index contributed by atoms with van der Waals surface area (Å²) in [6.45, 7) is 5.00. The van der Waals surface area contributed by atoms with Crippen LogP contribution in [0.4, 0.5) is 0 Å². The summed E-state index contributed by atoms with van der Waals surface area (Å²) < 4.78 is 0. The van der Waals surface area contributed by atoms with Crippen LogP contribution in [0.1, 0.15) is 27.2 Å². The number of nitrogens with one attached hydrogen (secondary N) is 1. The largest absolute Gasteiger partial charge is 0.481 e. The molecule has 0 atom stereocenters. The van der Waals surface area contributed by atoms with E-state index in [2.05, 4.69) is 5.32 Å². The minimum Gasteiger partial charge on any atom is -0.481 e. The predicted octanol–water partition coefficient (Wildman–Crippen LogP) is -0.718. The van der Waals surface area contributed by atoms with Crippen LogP contribution in [0.3, 0.4) is 0 Å². The molecule has 21 heavy (non-hydrogen) atoms. The van der Waals surface area contributed by atoms with Crippen molar-refractivity contribution in [3.63, 3.8) is 0 Å². The lowest BCUT2D eigenvalue weighted by atomic mass is 10.4. The van der Waals surface area contributed by atoms with Gasteiger partial charge in [-0.25, -0.2) is 0 Å². The highest BCUT2D eigenvalue weighted by atomic mass is 16.4. The molecule has 0 fully saturated rings. The van der Waals surface area contributed by atoms with Gasteiger partial charge >= 0.3 is 5.97 Å². The van der Waals surface area contributed by atoms with E-state index in [-0.39, 0.29) is 6.42 Å². The Hall–Kier alpha value is -2.20. The molecule has 0 bridgehead atoms. The molecule has 0 saturated heterocycles. The zero-order valence-corrected chi connectivity index (χ0v) is 12.3. The van der Waals surface area contributed by atoms with Crippen molar-refractivity contribution >= 4 is 23.9 Å². The Balaban J connectivity index is -0.000000102.